The first kappa shape index (κ1) is 12.0. The van der Waals surface area contributed by atoms with Crippen LogP contribution in [-0.4, -0.2) is 24.1 Å². The van der Waals surface area contributed by atoms with E-state index >= 15 is 0 Å². The number of aryl methyl sites for hydroxylation is 1. The fourth-order valence-electron chi connectivity index (χ4n) is 2.34. The van der Waals surface area contributed by atoms with E-state index in [0.717, 1.165) is 30.4 Å². The Morgan fingerprint density at radius 1 is 1.56 bits per heavy atom. The van der Waals surface area contributed by atoms with Gasteiger partial charge in [-0.3, -0.25) is 0 Å². The lowest BCUT2D eigenvalue weighted by Gasteiger charge is -2.10. The second kappa shape index (κ2) is 5.75. The predicted molar refractivity (Wildman–Crippen MR) is 68.7 cm³/mol. The molecule has 0 saturated heterocycles. The van der Waals surface area contributed by atoms with Crippen molar-refractivity contribution in [2.75, 3.05) is 13.1 Å². The van der Waals surface area contributed by atoms with Crippen LogP contribution < -0.4 is 11.1 Å². The van der Waals surface area contributed by atoms with Crippen LogP contribution in [0.3, 0.4) is 0 Å². The van der Waals surface area contributed by atoms with Crippen molar-refractivity contribution in [3.05, 3.63) is 16.1 Å². The third-order valence-electron chi connectivity index (χ3n) is 3.24. The minimum Gasteiger partial charge on any atom is -0.328 e. The van der Waals surface area contributed by atoms with E-state index in [1.54, 1.807) is 11.3 Å². The summed E-state index contributed by atoms with van der Waals surface area (Å²) >= 11 is 1.73. The molecule has 1 fully saturated rings. The number of nitrogens with one attached hydrogen (secondary N) is 1. The largest absolute Gasteiger partial charge is 0.328 e. The summed E-state index contributed by atoms with van der Waals surface area (Å²) in [4.78, 5) is 4.45. The molecule has 90 valence electrons. The normalized spacial score (nSPS) is 25.1. The van der Waals surface area contributed by atoms with E-state index in [1.807, 2.05) is 0 Å². The average Bonchev–Trinajstić information content (AvgIpc) is 2.83. The summed E-state index contributed by atoms with van der Waals surface area (Å²) in [6, 6.07) is 0.452. The fraction of sp³-hybridized carbons (Fsp3) is 0.750. The SMILES string of the molecule is Cc1nc(CCNCC2CCC(N)C2)cs1. The number of hydrogen-bond donors (Lipinski definition) is 2. The van der Waals surface area contributed by atoms with Gasteiger partial charge in [0.25, 0.3) is 0 Å². The highest BCUT2D eigenvalue weighted by atomic mass is 32.1. The van der Waals surface area contributed by atoms with E-state index in [2.05, 4.69) is 22.6 Å². The topological polar surface area (TPSA) is 50.9 Å². The van der Waals surface area contributed by atoms with Gasteiger partial charge >= 0.3 is 0 Å². The fourth-order valence-corrected chi connectivity index (χ4v) is 2.99. The molecular weight excluding hydrogens is 218 g/mol. The summed E-state index contributed by atoms with van der Waals surface area (Å²) in [5.74, 6) is 0.798. The molecule has 4 heteroatoms. The summed E-state index contributed by atoms with van der Waals surface area (Å²) in [6.07, 6.45) is 4.74. The number of rotatable bonds is 5. The molecule has 16 heavy (non-hydrogen) atoms. The number of hydrogen-bond acceptors (Lipinski definition) is 4. The van der Waals surface area contributed by atoms with Crippen LogP contribution in [0.25, 0.3) is 0 Å². The summed E-state index contributed by atoms with van der Waals surface area (Å²) in [6.45, 7) is 4.22. The smallest absolute Gasteiger partial charge is 0.0897 e. The van der Waals surface area contributed by atoms with Gasteiger partial charge in [-0.15, -0.1) is 11.3 Å². The molecule has 1 aliphatic rings. The highest BCUT2D eigenvalue weighted by Gasteiger charge is 2.20. The first-order valence-corrected chi connectivity index (χ1v) is 6.99. The van der Waals surface area contributed by atoms with Gasteiger partial charge in [-0.2, -0.15) is 0 Å². The van der Waals surface area contributed by atoms with E-state index in [-0.39, 0.29) is 0 Å². The molecule has 0 aliphatic heterocycles. The first-order valence-electron chi connectivity index (χ1n) is 6.11. The van der Waals surface area contributed by atoms with Gasteiger partial charge in [0.05, 0.1) is 10.7 Å². The summed E-state index contributed by atoms with van der Waals surface area (Å²) in [5.41, 5.74) is 7.11. The molecule has 2 atom stereocenters. The van der Waals surface area contributed by atoms with Gasteiger partial charge in [0, 0.05) is 24.4 Å². The molecular formula is C12H21N3S. The van der Waals surface area contributed by atoms with Gasteiger partial charge in [-0.05, 0) is 38.6 Å². The molecule has 0 radical (unpaired) electrons. The zero-order valence-electron chi connectivity index (χ0n) is 9.91. The molecule has 0 spiro atoms. The van der Waals surface area contributed by atoms with E-state index in [0.29, 0.717) is 6.04 Å². The van der Waals surface area contributed by atoms with Crippen LogP contribution in [0.1, 0.15) is 30.0 Å². The molecule has 3 nitrogen and oxygen atoms in total. The van der Waals surface area contributed by atoms with Gasteiger partial charge in [0.1, 0.15) is 0 Å². The number of nitrogens with two attached hydrogens (primary N) is 1. The average molecular weight is 239 g/mol. The minimum atomic E-state index is 0.452. The zero-order valence-corrected chi connectivity index (χ0v) is 10.7. The van der Waals surface area contributed by atoms with Crippen molar-refractivity contribution in [3.8, 4) is 0 Å². The van der Waals surface area contributed by atoms with Gasteiger partial charge < -0.3 is 11.1 Å². The highest BCUT2D eigenvalue weighted by Crippen LogP contribution is 2.23. The first-order chi connectivity index (χ1) is 7.74. The third kappa shape index (κ3) is 3.54. The standard InChI is InChI=1S/C12H21N3S/c1-9-15-12(8-16-9)4-5-14-7-10-2-3-11(13)6-10/h8,10-11,14H,2-7,13H2,1H3. The quantitative estimate of drug-likeness (QED) is 0.769. The van der Waals surface area contributed by atoms with Gasteiger partial charge in [0.15, 0.2) is 0 Å². The van der Waals surface area contributed by atoms with Crippen LogP contribution in [0.15, 0.2) is 5.38 Å². The lowest BCUT2D eigenvalue weighted by atomic mass is 10.1. The summed E-state index contributed by atoms with van der Waals surface area (Å²) in [5, 5.41) is 6.83. The molecule has 0 bridgehead atoms. The Morgan fingerprint density at radius 3 is 3.06 bits per heavy atom. The highest BCUT2D eigenvalue weighted by molar-refractivity contribution is 7.09. The maximum absolute atomic E-state index is 5.89. The number of nitrogens with zero attached hydrogens (tertiary/aromatic N) is 1. The second-order valence-electron chi connectivity index (χ2n) is 4.75. The third-order valence-corrected chi connectivity index (χ3v) is 4.06. The van der Waals surface area contributed by atoms with Crippen molar-refractivity contribution in [1.82, 2.24) is 10.3 Å². The van der Waals surface area contributed by atoms with Crippen molar-refractivity contribution in [2.24, 2.45) is 11.7 Å². The van der Waals surface area contributed by atoms with Gasteiger partial charge in [-0.25, -0.2) is 4.98 Å². The van der Waals surface area contributed by atoms with E-state index < -0.39 is 0 Å². The van der Waals surface area contributed by atoms with E-state index in [1.165, 1.54) is 25.0 Å². The lowest BCUT2D eigenvalue weighted by molar-refractivity contribution is 0.484. The Labute approximate surface area is 101 Å². The van der Waals surface area contributed by atoms with Crippen molar-refractivity contribution < 1.29 is 0 Å². The summed E-state index contributed by atoms with van der Waals surface area (Å²) in [7, 11) is 0. The van der Waals surface area contributed by atoms with Gasteiger partial charge in [-0.1, -0.05) is 0 Å². The van der Waals surface area contributed by atoms with Crippen LogP contribution in [0, 0.1) is 12.8 Å². The van der Waals surface area contributed by atoms with Crippen LogP contribution >= 0.6 is 11.3 Å². The Balaban J connectivity index is 1.58. The molecule has 1 aromatic heterocycles. The van der Waals surface area contributed by atoms with Crippen LogP contribution in [0.5, 0.6) is 0 Å². The molecule has 1 heterocycles. The monoisotopic (exact) mass is 239 g/mol. The van der Waals surface area contributed by atoms with Crippen LogP contribution in [0.4, 0.5) is 0 Å². The molecule has 1 saturated carbocycles. The second-order valence-corrected chi connectivity index (χ2v) is 5.81. The van der Waals surface area contributed by atoms with E-state index in [9.17, 15) is 0 Å². The van der Waals surface area contributed by atoms with E-state index in [4.69, 9.17) is 5.73 Å². The molecule has 0 amide bonds. The number of thiazole rings is 1. The van der Waals surface area contributed by atoms with Crippen LogP contribution in [-0.2, 0) is 6.42 Å². The molecule has 2 rings (SSSR count). The Hall–Kier alpha value is -0.450. The predicted octanol–water partition coefficient (Wildman–Crippen LogP) is 1.71. The lowest BCUT2D eigenvalue weighted by Crippen LogP contribution is -2.25. The molecule has 1 aliphatic carbocycles. The van der Waals surface area contributed by atoms with Crippen molar-refractivity contribution in [3.63, 3.8) is 0 Å². The van der Waals surface area contributed by atoms with Gasteiger partial charge in [0.2, 0.25) is 0 Å². The molecule has 1 aromatic rings. The number of aromatic nitrogens is 1. The zero-order chi connectivity index (χ0) is 11.4. The van der Waals surface area contributed by atoms with Crippen LogP contribution in [0.2, 0.25) is 0 Å². The molecule has 0 aromatic carbocycles. The van der Waals surface area contributed by atoms with Crippen molar-refractivity contribution in [2.45, 2.75) is 38.6 Å². The summed E-state index contributed by atoms with van der Waals surface area (Å²) < 4.78 is 0. The molecule has 2 unspecified atom stereocenters. The Morgan fingerprint density at radius 2 is 2.44 bits per heavy atom. The van der Waals surface area contributed by atoms with Crippen molar-refractivity contribution >= 4 is 11.3 Å². The Kier molecular flexibility index (Phi) is 4.32. The Bertz CT molecular complexity index is 324. The maximum Gasteiger partial charge on any atom is 0.0897 e. The molecule has 3 N–H and O–H groups in total. The maximum atomic E-state index is 5.89. The van der Waals surface area contributed by atoms with Crippen molar-refractivity contribution in [1.29, 1.82) is 0 Å². The minimum absolute atomic E-state index is 0.452.